The number of carbonyl (C=O) groups excluding carboxylic acids is 2. The lowest BCUT2D eigenvalue weighted by Gasteiger charge is -1.97. The van der Waals surface area contributed by atoms with Gasteiger partial charge in [-0.25, -0.2) is 0 Å². The van der Waals surface area contributed by atoms with Crippen molar-refractivity contribution in [3.05, 3.63) is 0 Å². The summed E-state index contributed by atoms with van der Waals surface area (Å²) in [6.07, 6.45) is 2.09. The molecule has 50 valence electrons. The van der Waals surface area contributed by atoms with Gasteiger partial charge in [-0.15, -0.1) is 0 Å². The first kappa shape index (κ1) is 6.46. The van der Waals surface area contributed by atoms with Crippen molar-refractivity contribution in [2.75, 3.05) is 0 Å². The van der Waals surface area contributed by atoms with E-state index >= 15 is 0 Å². The van der Waals surface area contributed by atoms with E-state index < -0.39 is 0 Å². The number of ketones is 2. The molecule has 1 unspecified atom stereocenters. The molecule has 0 aliphatic heterocycles. The van der Waals surface area contributed by atoms with E-state index in [4.69, 9.17) is 0 Å². The van der Waals surface area contributed by atoms with Gasteiger partial charge in [-0.05, 0) is 12.8 Å². The van der Waals surface area contributed by atoms with Crippen molar-refractivity contribution in [2.45, 2.75) is 26.2 Å². The molecule has 0 saturated heterocycles. The normalized spacial score (nSPS) is 27.4. The first-order chi connectivity index (χ1) is 4.25. The summed E-state index contributed by atoms with van der Waals surface area (Å²) < 4.78 is 0. The molecule has 0 N–H and O–H groups in total. The molecule has 1 saturated carbocycles. The molecule has 0 amide bonds. The molecule has 0 radical (unpaired) electrons. The minimum atomic E-state index is -0.165. The highest BCUT2D eigenvalue weighted by molar-refractivity contribution is 6.39. The van der Waals surface area contributed by atoms with Gasteiger partial charge in [0.05, 0.1) is 0 Å². The fourth-order valence-corrected chi connectivity index (χ4v) is 1.18. The Morgan fingerprint density at radius 2 is 2.22 bits per heavy atom. The quantitative estimate of drug-likeness (QED) is 0.490. The summed E-state index contributed by atoms with van der Waals surface area (Å²) in [6.45, 7) is 1.95. The molecule has 9 heavy (non-hydrogen) atoms. The van der Waals surface area contributed by atoms with Gasteiger partial charge in [-0.1, -0.05) is 6.92 Å². The third kappa shape index (κ3) is 1.02. The number of carbonyl (C=O) groups is 2. The molecule has 1 rings (SSSR count). The molecule has 0 aromatic heterocycles. The second-order valence-electron chi connectivity index (χ2n) is 2.43. The maximum atomic E-state index is 10.8. The van der Waals surface area contributed by atoms with Crippen molar-refractivity contribution in [1.82, 2.24) is 0 Å². The molecule has 2 nitrogen and oxygen atoms in total. The predicted octanol–water partition coefficient (Wildman–Crippen LogP) is 0.945. The van der Waals surface area contributed by atoms with Crippen LogP contribution in [0.25, 0.3) is 0 Å². The van der Waals surface area contributed by atoms with Gasteiger partial charge in [0.2, 0.25) is 5.78 Å². The van der Waals surface area contributed by atoms with Gasteiger partial charge in [0, 0.05) is 12.3 Å². The number of rotatable bonds is 1. The van der Waals surface area contributed by atoms with E-state index in [1.807, 2.05) is 6.92 Å². The summed E-state index contributed by atoms with van der Waals surface area (Å²) >= 11 is 0. The van der Waals surface area contributed by atoms with Gasteiger partial charge in [-0.3, -0.25) is 9.59 Å². The molecule has 0 aromatic rings. The van der Waals surface area contributed by atoms with Crippen LogP contribution in [0.15, 0.2) is 0 Å². The van der Waals surface area contributed by atoms with Gasteiger partial charge in [0.15, 0.2) is 5.78 Å². The van der Waals surface area contributed by atoms with Gasteiger partial charge in [0.25, 0.3) is 0 Å². The Morgan fingerprint density at radius 1 is 1.56 bits per heavy atom. The van der Waals surface area contributed by atoms with Crippen LogP contribution in [-0.2, 0) is 9.59 Å². The van der Waals surface area contributed by atoms with E-state index in [1.165, 1.54) is 0 Å². The number of Topliss-reactive ketones (excluding diaryl/α,β-unsaturated/α-hetero) is 2. The Morgan fingerprint density at radius 3 is 2.44 bits per heavy atom. The van der Waals surface area contributed by atoms with Crippen LogP contribution in [0.2, 0.25) is 0 Å². The van der Waals surface area contributed by atoms with Gasteiger partial charge < -0.3 is 0 Å². The zero-order valence-corrected chi connectivity index (χ0v) is 5.52. The van der Waals surface area contributed by atoms with Gasteiger partial charge >= 0.3 is 0 Å². The van der Waals surface area contributed by atoms with Crippen LogP contribution in [0.3, 0.4) is 0 Å². The minimum Gasteiger partial charge on any atom is -0.291 e. The Labute approximate surface area is 54.2 Å². The molecular formula is C7H10O2. The summed E-state index contributed by atoms with van der Waals surface area (Å²) in [4.78, 5) is 21.4. The monoisotopic (exact) mass is 126 g/mol. The lowest BCUT2D eigenvalue weighted by atomic mass is 10.1. The highest BCUT2D eigenvalue weighted by Crippen LogP contribution is 2.20. The topological polar surface area (TPSA) is 34.1 Å². The summed E-state index contributed by atoms with van der Waals surface area (Å²) in [7, 11) is 0. The second-order valence-corrected chi connectivity index (χ2v) is 2.43. The van der Waals surface area contributed by atoms with Crippen molar-refractivity contribution in [3.63, 3.8) is 0 Å². The highest BCUT2D eigenvalue weighted by Gasteiger charge is 2.30. The van der Waals surface area contributed by atoms with E-state index in [0.29, 0.717) is 6.42 Å². The Kier molecular flexibility index (Phi) is 1.65. The lowest BCUT2D eigenvalue weighted by molar-refractivity contribution is -0.135. The van der Waals surface area contributed by atoms with Crippen LogP contribution in [0.4, 0.5) is 0 Å². The minimum absolute atomic E-state index is 0.0532. The van der Waals surface area contributed by atoms with Crippen molar-refractivity contribution in [2.24, 2.45) is 5.92 Å². The van der Waals surface area contributed by atoms with Crippen molar-refractivity contribution >= 4 is 11.6 Å². The maximum absolute atomic E-state index is 10.8. The first-order valence-corrected chi connectivity index (χ1v) is 3.32. The third-order valence-corrected chi connectivity index (χ3v) is 1.86. The fraction of sp³-hybridized carbons (Fsp3) is 0.714. The summed E-state index contributed by atoms with van der Waals surface area (Å²) in [6, 6.07) is 0. The van der Waals surface area contributed by atoms with E-state index in [-0.39, 0.29) is 17.5 Å². The molecule has 1 aliphatic carbocycles. The highest BCUT2D eigenvalue weighted by atomic mass is 16.2. The molecule has 1 fully saturated rings. The molecule has 0 heterocycles. The third-order valence-electron chi connectivity index (χ3n) is 1.86. The van der Waals surface area contributed by atoms with Gasteiger partial charge in [0.1, 0.15) is 0 Å². The Hall–Kier alpha value is -0.660. The van der Waals surface area contributed by atoms with E-state index in [9.17, 15) is 9.59 Å². The summed E-state index contributed by atoms with van der Waals surface area (Å²) in [5.41, 5.74) is 0. The van der Waals surface area contributed by atoms with Crippen LogP contribution in [0.1, 0.15) is 26.2 Å². The fourth-order valence-electron chi connectivity index (χ4n) is 1.18. The standard InChI is InChI=1S/C7H10O2/c1-2-5-3-4-6(8)7(5)9/h5H,2-4H2,1H3. The molecule has 1 aliphatic rings. The molecule has 1 atom stereocenters. The Bertz CT molecular complexity index is 149. The zero-order valence-electron chi connectivity index (χ0n) is 5.52. The van der Waals surface area contributed by atoms with E-state index in [2.05, 4.69) is 0 Å². The van der Waals surface area contributed by atoms with Crippen molar-refractivity contribution in [1.29, 1.82) is 0 Å². The number of hydrogen-bond acceptors (Lipinski definition) is 2. The van der Waals surface area contributed by atoms with Crippen LogP contribution in [0.5, 0.6) is 0 Å². The average Bonchev–Trinajstić information content (AvgIpc) is 2.15. The Balaban J connectivity index is 2.62. The largest absolute Gasteiger partial charge is 0.291 e. The second kappa shape index (κ2) is 2.29. The van der Waals surface area contributed by atoms with Crippen molar-refractivity contribution in [3.8, 4) is 0 Å². The van der Waals surface area contributed by atoms with E-state index in [0.717, 1.165) is 12.8 Å². The van der Waals surface area contributed by atoms with Crippen LogP contribution in [-0.4, -0.2) is 11.6 Å². The predicted molar refractivity (Wildman–Crippen MR) is 33.0 cm³/mol. The lowest BCUT2D eigenvalue weighted by Crippen LogP contribution is -2.11. The molecular weight excluding hydrogens is 116 g/mol. The first-order valence-electron chi connectivity index (χ1n) is 3.32. The average molecular weight is 126 g/mol. The van der Waals surface area contributed by atoms with E-state index in [1.54, 1.807) is 0 Å². The molecule has 2 heteroatoms. The van der Waals surface area contributed by atoms with Crippen molar-refractivity contribution < 1.29 is 9.59 Å². The molecule has 0 spiro atoms. The smallest absolute Gasteiger partial charge is 0.201 e. The molecule has 0 aromatic carbocycles. The number of hydrogen-bond donors (Lipinski definition) is 0. The maximum Gasteiger partial charge on any atom is 0.201 e. The zero-order chi connectivity index (χ0) is 6.85. The van der Waals surface area contributed by atoms with Crippen LogP contribution < -0.4 is 0 Å². The summed E-state index contributed by atoms with van der Waals surface area (Å²) in [5.74, 6) is -0.253. The molecule has 0 bridgehead atoms. The van der Waals surface area contributed by atoms with Gasteiger partial charge in [-0.2, -0.15) is 0 Å². The SMILES string of the molecule is CCC1CCC(=O)C1=O. The van der Waals surface area contributed by atoms with Crippen LogP contribution in [0, 0.1) is 5.92 Å². The van der Waals surface area contributed by atoms with Crippen LogP contribution >= 0.6 is 0 Å². The summed E-state index contributed by atoms with van der Waals surface area (Å²) in [5, 5.41) is 0.